The molecule has 0 N–H and O–H groups in total. The summed E-state index contributed by atoms with van der Waals surface area (Å²) in [5, 5.41) is 20.1. The van der Waals surface area contributed by atoms with E-state index in [9.17, 15) is 19.8 Å². The van der Waals surface area contributed by atoms with Crippen molar-refractivity contribution in [3.8, 4) is 0 Å². The fourth-order valence-electron chi connectivity index (χ4n) is 2.20. The van der Waals surface area contributed by atoms with Crippen molar-refractivity contribution in [2.24, 2.45) is 10.8 Å². The van der Waals surface area contributed by atoms with Gasteiger partial charge in [-0.05, 0) is 36.5 Å². The van der Waals surface area contributed by atoms with Crippen LogP contribution in [0.25, 0.3) is 0 Å². The zero-order valence-corrected chi connectivity index (χ0v) is 20.1. The van der Waals surface area contributed by atoms with E-state index in [4.69, 9.17) is 0 Å². The molecular formula is C22H46O4Sn. The molecule has 0 aliphatic carbocycles. The van der Waals surface area contributed by atoms with E-state index in [1.807, 2.05) is 0 Å². The molecule has 0 atom stereocenters. The minimum Gasteiger partial charge on any atom is -0.247 e. The molecule has 27 heavy (non-hydrogen) atoms. The van der Waals surface area contributed by atoms with Crippen LogP contribution in [0.4, 0.5) is 0 Å². The summed E-state index contributed by atoms with van der Waals surface area (Å²) < 4.78 is 0. The van der Waals surface area contributed by atoms with Crippen LogP contribution in [0.5, 0.6) is 0 Å². The first kappa shape index (κ1) is 37.5. The zero-order chi connectivity index (χ0) is 19.2. The molecule has 162 valence electrons. The summed E-state index contributed by atoms with van der Waals surface area (Å²) in [4.78, 5) is 20.1. The van der Waals surface area contributed by atoms with Gasteiger partial charge in [0.25, 0.3) is 0 Å². The molecule has 0 aromatic rings. The maximum Gasteiger partial charge on any atom is 0.355 e. The maximum atomic E-state index is 10.0. The van der Waals surface area contributed by atoms with Gasteiger partial charge in [-0.25, -0.2) is 19.8 Å². The van der Waals surface area contributed by atoms with Crippen LogP contribution >= 0.6 is 0 Å². The minimum absolute atomic E-state index is 0. The standard InChI is InChI=1S/2C10H19O2.2CH4.Sn/c2*1-10(2,3)8-6-4-5-7-9(11)12;;;/h2*4-8H2,1-3H3;2*1H4;. The largest absolute Gasteiger partial charge is 0.355 e. The van der Waals surface area contributed by atoms with Crippen molar-refractivity contribution in [2.45, 2.75) is 121 Å². The zero-order valence-electron chi connectivity index (χ0n) is 17.2. The molecule has 0 unspecified atom stereocenters. The molecule has 0 saturated carbocycles. The van der Waals surface area contributed by atoms with E-state index in [0.29, 0.717) is 10.8 Å². The van der Waals surface area contributed by atoms with Crippen LogP contribution in [0.1, 0.15) is 121 Å². The molecule has 0 heterocycles. The Kier molecular flexibility index (Phi) is 28.4. The van der Waals surface area contributed by atoms with E-state index < -0.39 is 11.9 Å². The Balaban J connectivity index is -0.000000108. The first-order valence-corrected chi connectivity index (χ1v) is 9.23. The summed E-state index contributed by atoms with van der Waals surface area (Å²) in [6, 6.07) is 0. The molecule has 0 spiro atoms. The third-order valence-corrected chi connectivity index (χ3v) is 3.62. The van der Waals surface area contributed by atoms with Crippen molar-refractivity contribution in [1.29, 1.82) is 0 Å². The third-order valence-electron chi connectivity index (χ3n) is 3.62. The molecule has 0 amide bonds. The molecule has 0 aromatic carbocycles. The van der Waals surface area contributed by atoms with Crippen molar-refractivity contribution in [3.05, 3.63) is 0 Å². The molecule has 0 aliphatic rings. The van der Waals surface area contributed by atoms with Gasteiger partial charge >= 0.3 is 11.9 Å². The van der Waals surface area contributed by atoms with Gasteiger partial charge in [0.15, 0.2) is 0 Å². The van der Waals surface area contributed by atoms with Crippen LogP contribution < -0.4 is 0 Å². The predicted octanol–water partition coefficient (Wildman–Crippen LogP) is 6.77. The van der Waals surface area contributed by atoms with Crippen LogP contribution in [0, 0.1) is 10.8 Å². The van der Waals surface area contributed by atoms with Crippen molar-refractivity contribution in [1.82, 2.24) is 0 Å². The SMILES string of the molecule is C.C.CC(C)(C)CCCCCC([O])=O.CC(C)(C)CCCCCC([O])=O.[Sn]. The van der Waals surface area contributed by atoms with E-state index in [1.165, 1.54) is 12.8 Å². The average molecular weight is 493 g/mol. The number of unbranched alkanes of at least 4 members (excludes halogenated alkanes) is 4. The summed E-state index contributed by atoms with van der Waals surface area (Å²) in [7, 11) is 0. The van der Waals surface area contributed by atoms with Crippen LogP contribution in [-0.4, -0.2) is 35.8 Å². The summed E-state index contributed by atoms with van der Waals surface area (Å²) >= 11 is 0. The van der Waals surface area contributed by atoms with Gasteiger partial charge in [-0.2, -0.15) is 0 Å². The van der Waals surface area contributed by atoms with Crippen LogP contribution in [0.15, 0.2) is 0 Å². The average Bonchev–Trinajstić information content (AvgIpc) is 2.35. The monoisotopic (exact) mass is 494 g/mol. The Morgan fingerprint density at radius 3 is 1.00 bits per heavy atom. The molecule has 0 bridgehead atoms. The van der Waals surface area contributed by atoms with Crippen LogP contribution in [0.2, 0.25) is 0 Å². The normalized spacial score (nSPS) is 10.3. The first-order chi connectivity index (χ1) is 10.8. The predicted molar refractivity (Wildman–Crippen MR) is 116 cm³/mol. The molecule has 0 fully saturated rings. The molecule has 0 aromatic heterocycles. The second kappa shape index (κ2) is 20.5. The van der Waals surface area contributed by atoms with Crippen molar-refractivity contribution in [2.75, 3.05) is 0 Å². The van der Waals surface area contributed by atoms with Crippen LogP contribution in [0.3, 0.4) is 0 Å². The molecule has 0 aliphatic heterocycles. The van der Waals surface area contributed by atoms with Crippen molar-refractivity contribution < 1.29 is 19.8 Å². The molecule has 0 rings (SSSR count). The van der Waals surface area contributed by atoms with Gasteiger partial charge in [0.2, 0.25) is 0 Å². The van der Waals surface area contributed by atoms with E-state index in [-0.39, 0.29) is 51.6 Å². The fourth-order valence-corrected chi connectivity index (χ4v) is 2.20. The summed E-state index contributed by atoms with van der Waals surface area (Å²) in [5.41, 5.74) is 0.753. The van der Waals surface area contributed by atoms with Crippen molar-refractivity contribution in [3.63, 3.8) is 0 Å². The second-order valence-corrected chi connectivity index (χ2v) is 8.99. The Morgan fingerprint density at radius 1 is 0.556 bits per heavy atom. The fraction of sp³-hybridized carbons (Fsp3) is 0.909. The Bertz CT molecular complexity index is 307. The van der Waals surface area contributed by atoms with E-state index >= 15 is 0 Å². The molecule has 4 nitrogen and oxygen atoms in total. The minimum atomic E-state index is -0.925. The van der Waals surface area contributed by atoms with Gasteiger partial charge in [-0.15, -0.1) is 0 Å². The number of carbonyl (C=O) groups is 2. The number of hydrogen-bond acceptors (Lipinski definition) is 2. The van der Waals surface area contributed by atoms with E-state index in [1.54, 1.807) is 0 Å². The summed E-state index contributed by atoms with van der Waals surface area (Å²) in [6.45, 7) is 13.2. The number of hydrogen-bond donors (Lipinski definition) is 0. The van der Waals surface area contributed by atoms with E-state index in [0.717, 1.165) is 38.5 Å². The van der Waals surface area contributed by atoms with Crippen LogP contribution in [-0.2, 0) is 19.8 Å². The van der Waals surface area contributed by atoms with E-state index in [2.05, 4.69) is 41.5 Å². The van der Waals surface area contributed by atoms with Gasteiger partial charge < -0.3 is 0 Å². The summed E-state index contributed by atoms with van der Waals surface area (Å²) in [5.74, 6) is -1.85. The smallest absolute Gasteiger partial charge is 0.247 e. The van der Waals surface area contributed by atoms with Gasteiger partial charge in [0, 0.05) is 23.9 Å². The Morgan fingerprint density at radius 2 is 0.815 bits per heavy atom. The van der Waals surface area contributed by atoms with Gasteiger partial charge in [0.1, 0.15) is 0 Å². The Hall–Kier alpha value is -0.261. The second-order valence-electron chi connectivity index (χ2n) is 8.99. The van der Waals surface area contributed by atoms with Gasteiger partial charge in [0.05, 0.1) is 12.8 Å². The molecular weight excluding hydrogens is 447 g/mol. The number of carbonyl (C=O) groups excluding carboxylic acids is 2. The van der Waals surface area contributed by atoms with Gasteiger partial charge in [-0.1, -0.05) is 82.1 Å². The molecule has 5 heteroatoms. The maximum absolute atomic E-state index is 10.0. The number of rotatable bonds is 10. The summed E-state index contributed by atoms with van der Waals surface area (Å²) in [6.07, 6.45) is 8.54. The topological polar surface area (TPSA) is 73.9 Å². The Labute approximate surface area is 186 Å². The molecule has 6 radical (unpaired) electrons. The van der Waals surface area contributed by atoms with Gasteiger partial charge in [-0.3, -0.25) is 0 Å². The molecule has 0 saturated heterocycles. The first-order valence-electron chi connectivity index (χ1n) is 9.23. The van der Waals surface area contributed by atoms with Crippen molar-refractivity contribution >= 4 is 35.8 Å². The quantitative estimate of drug-likeness (QED) is 0.249. The third kappa shape index (κ3) is 46.1.